The summed E-state index contributed by atoms with van der Waals surface area (Å²) in [6.07, 6.45) is 1.60. The molecular formula is C25H24O6. The second-order valence-electron chi connectivity index (χ2n) is 6.69. The Morgan fingerprint density at radius 1 is 0.774 bits per heavy atom. The summed E-state index contributed by atoms with van der Waals surface area (Å²) in [7, 11) is 1.57. The summed E-state index contributed by atoms with van der Waals surface area (Å²) in [6, 6.07) is 23.1. The first-order valence-electron chi connectivity index (χ1n) is 9.92. The Hall–Kier alpha value is -3.80. The number of benzene rings is 3. The van der Waals surface area contributed by atoms with Gasteiger partial charge in [0.1, 0.15) is 17.2 Å². The van der Waals surface area contributed by atoms with Gasteiger partial charge in [0.25, 0.3) is 0 Å². The number of hydrogen-bond acceptors (Lipinski definition) is 6. The molecule has 0 saturated carbocycles. The van der Waals surface area contributed by atoms with Gasteiger partial charge in [-0.15, -0.1) is 0 Å². The molecule has 0 amide bonds. The minimum Gasteiger partial charge on any atom is -0.497 e. The van der Waals surface area contributed by atoms with Gasteiger partial charge < -0.3 is 18.9 Å². The maximum absolute atomic E-state index is 12.1. The monoisotopic (exact) mass is 420 g/mol. The summed E-state index contributed by atoms with van der Waals surface area (Å²) >= 11 is 0. The zero-order valence-electron chi connectivity index (χ0n) is 17.3. The SMILES string of the molecule is COc1ccc(OCC(=O)Oc2ccc(C(=O)OCCCc3ccccc3)cc2)cc1. The molecule has 3 rings (SSSR count). The first-order valence-corrected chi connectivity index (χ1v) is 9.92. The van der Waals surface area contributed by atoms with E-state index in [1.165, 1.54) is 5.56 Å². The van der Waals surface area contributed by atoms with E-state index in [0.717, 1.165) is 12.8 Å². The minimum absolute atomic E-state index is 0.239. The lowest BCUT2D eigenvalue weighted by atomic mass is 10.1. The van der Waals surface area contributed by atoms with Crippen molar-refractivity contribution in [3.63, 3.8) is 0 Å². The van der Waals surface area contributed by atoms with Crippen molar-refractivity contribution in [3.05, 3.63) is 90.0 Å². The normalized spacial score (nSPS) is 10.2. The van der Waals surface area contributed by atoms with Crippen LogP contribution in [0.1, 0.15) is 22.3 Å². The van der Waals surface area contributed by atoms with Crippen LogP contribution in [0.25, 0.3) is 0 Å². The molecule has 0 saturated heterocycles. The van der Waals surface area contributed by atoms with Crippen LogP contribution >= 0.6 is 0 Å². The number of rotatable bonds is 10. The van der Waals surface area contributed by atoms with Crippen molar-refractivity contribution in [1.29, 1.82) is 0 Å². The van der Waals surface area contributed by atoms with E-state index in [-0.39, 0.29) is 6.61 Å². The van der Waals surface area contributed by atoms with Crippen LogP contribution in [-0.2, 0) is 16.0 Å². The van der Waals surface area contributed by atoms with Crippen LogP contribution in [-0.4, -0.2) is 32.3 Å². The van der Waals surface area contributed by atoms with Gasteiger partial charge in [0.2, 0.25) is 0 Å². The lowest BCUT2D eigenvalue weighted by Gasteiger charge is -2.08. The summed E-state index contributed by atoms with van der Waals surface area (Å²) in [6.45, 7) is 0.102. The Kier molecular flexibility index (Phi) is 8.05. The molecular weight excluding hydrogens is 396 g/mol. The van der Waals surface area contributed by atoms with E-state index in [9.17, 15) is 9.59 Å². The molecule has 3 aromatic rings. The Morgan fingerprint density at radius 3 is 2.10 bits per heavy atom. The van der Waals surface area contributed by atoms with E-state index in [2.05, 4.69) is 0 Å². The number of hydrogen-bond donors (Lipinski definition) is 0. The third kappa shape index (κ3) is 7.19. The Bertz CT molecular complexity index is 965. The van der Waals surface area contributed by atoms with Gasteiger partial charge in [-0.25, -0.2) is 9.59 Å². The first kappa shape index (κ1) is 21.9. The van der Waals surface area contributed by atoms with Crippen LogP contribution in [0.15, 0.2) is 78.9 Å². The highest BCUT2D eigenvalue weighted by Gasteiger charge is 2.10. The second-order valence-corrected chi connectivity index (χ2v) is 6.69. The van der Waals surface area contributed by atoms with E-state index in [1.807, 2.05) is 30.3 Å². The highest BCUT2D eigenvalue weighted by Crippen LogP contribution is 2.17. The number of carbonyl (C=O) groups excluding carboxylic acids is 2. The molecule has 0 aliphatic rings. The Balaban J connectivity index is 1.39. The molecule has 0 radical (unpaired) electrons. The minimum atomic E-state index is -0.549. The molecule has 0 bridgehead atoms. The van der Waals surface area contributed by atoms with Crippen LogP contribution in [0.5, 0.6) is 17.2 Å². The molecule has 6 heteroatoms. The molecule has 0 aliphatic heterocycles. The number of aryl methyl sites for hydroxylation is 1. The molecule has 0 aliphatic carbocycles. The van der Waals surface area contributed by atoms with Crippen molar-refractivity contribution < 1.29 is 28.5 Å². The molecule has 3 aromatic carbocycles. The molecule has 0 fully saturated rings. The van der Waals surface area contributed by atoms with E-state index in [0.29, 0.717) is 29.4 Å². The molecule has 0 aromatic heterocycles. The third-order valence-corrected chi connectivity index (χ3v) is 4.42. The zero-order valence-corrected chi connectivity index (χ0v) is 17.3. The highest BCUT2D eigenvalue weighted by molar-refractivity contribution is 5.89. The summed E-state index contributed by atoms with van der Waals surface area (Å²) < 4.78 is 21.0. The molecule has 160 valence electrons. The van der Waals surface area contributed by atoms with Gasteiger partial charge >= 0.3 is 11.9 Å². The second kappa shape index (κ2) is 11.4. The van der Waals surface area contributed by atoms with E-state index < -0.39 is 11.9 Å². The standard InChI is InChI=1S/C25H24O6/c1-28-21-13-15-22(16-14-21)30-18-24(26)31-23-11-9-20(10-12-23)25(27)29-17-5-8-19-6-3-2-4-7-19/h2-4,6-7,9-16H,5,8,17-18H2,1H3. The van der Waals surface area contributed by atoms with E-state index >= 15 is 0 Å². The van der Waals surface area contributed by atoms with Crippen molar-refractivity contribution in [3.8, 4) is 17.2 Å². The predicted molar refractivity (Wildman–Crippen MR) is 116 cm³/mol. The van der Waals surface area contributed by atoms with Crippen LogP contribution in [0.4, 0.5) is 0 Å². The van der Waals surface area contributed by atoms with Crippen molar-refractivity contribution in [2.45, 2.75) is 12.8 Å². The fraction of sp³-hybridized carbons (Fsp3) is 0.200. The van der Waals surface area contributed by atoms with Gasteiger partial charge in [-0.2, -0.15) is 0 Å². The summed E-state index contributed by atoms with van der Waals surface area (Å²) in [4.78, 5) is 24.1. The number of methoxy groups -OCH3 is 1. The van der Waals surface area contributed by atoms with Crippen molar-refractivity contribution in [1.82, 2.24) is 0 Å². The van der Waals surface area contributed by atoms with Gasteiger partial charge in [0.15, 0.2) is 6.61 Å². The van der Waals surface area contributed by atoms with Crippen LogP contribution < -0.4 is 14.2 Å². The lowest BCUT2D eigenvalue weighted by molar-refractivity contribution is -0.136. The predicted octanol–water partition coefficient (Wildman–Crippen LogP) is 4.47. The number of ether oxygens (including phenoxy) is 4. The fourth-order valence-electron chi connectivity index (χ4n) is 2.80. The first-order chi connectivity index (χ1) is 15.1. The van der Waals surface area contributed by atoms with Crippen LogP contribution in [0.2, 0.25) is 0 Å². The van der Waals surface area contributed by atoms with Gasteiger partial charge in [-0.3, -0.25) is 0 Å². The summed E-state index contributed by atoms with van der Waals surface area (Å²) in [5.74, 6) is 0.595. The summed E-state index contributed by atoms with van der Waals surface area (Å²) in [5, 5.41) is 0. The van der Waals surface area contributed by atoms with Crippen molar-refractivity contribution in [2.75, 3.05) is 20.3 Å². The van der Waals surface area contributed by atoms with Crippen LogP contribution in [0.3, 0.4) is 0 Å². The van der Waals surface area contributed by atoms with Crippen molar-refractivity contribution >= 4 is 11.9 Å². The van der Waals surface area contributed by atoms with Gasteiger partial charge in [0, 0.05) is 0 Å². The van der Waals surface area contributed by atoms with Gasteiger partial charge in [-0.1, -0.05) is 30.3 Å². The molecule has 6 nitrogen and oxygen atoms in total. The topological polar surface area (TPSA) is 71.1 Å². The molecule has 0 atom stereocenters. The highest BCUT2D eigenvalue weighted by atomic mass is 16.6. The van der Waals surface area contributed by atoms with Crippen molar-refractivity contribution in [2.24, 2.45) is 0 Å². The van der Waals surface area contributed by atoms with Gasteiger partial charge in [0.05, 0.1) is 19.3 Å². The molecule has 0 N–H and O–H groups in total. The Labute approximate surface area is 181 Å². The van der Waals surface area contributed by atoms with Crippen LogP contribution in [0, 0.1) is 0 Å². The summed E-state index contributed by atoms with van der Waals surface area (Å²) in [5.41, 5.74) is 1.61. The third-order valence-electron chi connectivity index (χ3n) is 4.42. The number of esters is 2. The molecule has 0 unspecified atom stereocenters. The quantitative estimate of drug-likeness (QED) is 0.274. The van der Waals surface area contributed by atoms with Gasteiger partial charge in [-0.05, 0) is 66.9 Å². The average molecular weight is 420 g/mol. The Morgan fingerprint density at radius 2 is 1.42 bits per heavy atom. The molecule has 0 spiro atoms. The molecule has 31 heavy (non-hydrogen) atoms. The maximum Gasteiger partial charge on any atom is 0.349 e. The fourth-order valence-corrected chi connectivity index (χ4v) is 2.80. The largest absolute Gasteiger partial charge is 0.497 e. The zero-order chi connectivity index (χ0) is 21.9. The van der Waals surface area contributed by atoms with E-state index in [4.69, 9.17) is 18.9 Å². The number of carbonyl (C=O) groups is 2. The molecule has 0 heterocycles. The lowest BCUT2D eigenvalue weighted by Crippen LogP contribution is -2.17. The average Bonchev–Trinajstić information content (AvgIpc) is 2.82. The van der Waals surface area contributed by atoms with E-state index in [1.54, 1.807) is 55.6 Å². The smallest absolute Gasteiger partial charge is 0.349 e. The maximum atomic E-state index is 12.1.